The fourth-order valence-corrected chi connectivity index (χ4v) is 3.75. The number of hydrogen-bond acceptors (Lipinski definition) is 4. The molecule has 1 unspecified atom stereocenters. The zero-order valence-corrected chi connectivity index (χ0v) is 14.7. The topological polar surface area (TPSA) is 92.7 Å². The van der Waals surface area contributed by atoms with Crippen LogP contribution in [0.3, 0.4) is 0 Å². The first-order chi connectivity index (χ1) is 12.2. The van der Waals surface area contributed by atoms with Crippen LogP contribution in [0.15, 0.2) is 39.7 Å². The zero-order chi connectivity index (χ0) is 18.8. The van der Waals surface area contributed by atoms with E-state index in [2.05, 4.69) is 0 Å². The Kier molecular flexibility index (Phi) is 3.31. The molecule has 0 aliphatic carbocycles. The van der Waals surface area contributed by atoms with Gasteiger partial charge in [-0.15, -0.1) is 0 Å². The maximum Gasteiger partial charge on any atom is 0.341 e. The number of hydrogen-bond donors (Lipinski definition) is 2. The second-order valence-electron chi connectivity index (χ2n) is 7.77. The van der Waals surface area contributed by atoms with Gasteiger partial charge in [0.15, 0.2) is 11.5 Å². The van der Waals surface area contributed by atoms with Crippen molar-refractivity contribution in [1.82, 2.24) is 4.57 Å². The lowest BCUT2D eigenvalue weighted by molar-refractivity contribution is 0.0692. The molecule has 0 amide bonds. The second-order valence-corrected chi connectivity index (χ2v) is 7.77. The van der Waals surface area contributed by atoms with Gasteiger partial charge in [-0.3, -0.25) is 4.79 Å². The van der Waals surface area contributed by atoms with E-state index in [9.17, 15) is 19.8 Å². The number of aromatic hydroxyl groups is 1. The van der Waals surface area contributed by atoms with Gasteiger partial charge >= 0.3 is 5.97 Å². The number of para-hydroxylation sites is 1. The molecule has 3 heterocycles. The van der Waals surface area contributed by atoms with Crippen LogP contribution in [0.5, 0.6) is 5.75 Å². The normalized spacial score (nSPS) is 16.3. The molecule has 4 rings (SSSR count). The van der Waals surface area contributed by atoms with Crippen LogP contribution in [0.25, 0.3) is 22.4 Å². The van der Waals surface area contributed by atoms with Crippen molar-refractivity contribution >= 4 is 16.9 Å². The summed E-state index contributed by atoms with van der Waals surface area (Å²) in [6.07, 6.45) is 1.94. The molecule has 26 heavy (non-hydrogen) atoms. The van der Waals surface area contributed by atoms with E-state index < -0.39 is 22.7 Å². The lowest BCUT2D eigenvalue weighted by Crippen LogP contribution is -2.32. The molecule has 6 heteroatoms. The molecular formula is C20H19NO5. The van der Waals surface area contributed by atoms with E-state index in [0.29, 0.717) is 17.8 Å². The molecule has 0 radical (unpaired) electrons. The van der Waals surface area contributed by atoms with Crippen LogP contribution in [0.2, 0.25) is 0 Å². The quantitative estimate of drug-likeness (QED) is 0.694. The van der Waals surface area contributed by atoms with Gasteiger partial charge in [0.05, 0.1) is 0 Å². The van der Waals surface area contributed by atoms with Gasteiger partial charge in [0.2, 0.25) is 5.43 Å². The lowest BCUT2D eigenvalue weighted by atomic mass is 9.79. The number of rotatable bonds is 1. The van der Waals surface area contributed by atoms with Crippen molar-refractivity contribution in [3.8, 4) is 17.2 Å². The van der Waals surface area contributed by atoms with E-state index in [1.165, 1.54) is 6.20 Å². The average molecular weight is 353 g/mol. The minimum Gasteiger partial charge on any atom is -0.503 e. The van der Waals surface area contributed by atoms with Crippen molar-refractivity contribution < 1.29 is 19.4 Å². The van der Waals surface area contributed by atoms with Gasteiger partial charge < -0.3 is 19.2 Å². The SMILES string of the molecule is CC(C)(C)C1Cc2c(oc3ccccc23)-c2c(O)c(=O)c(C(=O)O)cn21. The third kappa shape index (κ3) is 2.18. The molecule has 1 aliphatic rings. The molecule has 1 aromatic carbocycles. The highest BCUT2D eigenvalue weighted by Gasteiger charge is 2.38. The molecule has 1 aliphatic heterocycles. The van der Waals surface area contributed by atoms with Crippen molar-refractivity contribution in [2.24, 2.45) is 5.41 Å². The number of carboxylic acid groups (broad SMARTS) is 1. The summed E-state index contributed by atoms with van der Waals surface area (Å²) >= 11 is 0. The van der Waals surface area contributed by atoms with Gasteiger partial charge in [-0.25, -0.2) is 4.79 Å². The molecule has 0 saturated heterocycles. The minimum atomic E-state index is -1.36. The largest absolute Gasteiger partial charge is 0.503 e. The Morgan fingerprint density at radius 3 is 2.62 bits per heavy atom. The summed E-state index contributed by atoms with van der Waals surface area (Å²) in [5, 5.41) is 20.9. The highest BCUT2D eigenvalue weighted by Crippen LogP contribution is 2.48. The molecule has 2 N–H and O–H groups in total. The van der Waals surface area contributed by atoms with Gasteiger partial charge in [0, 0.05) is 23.2 Å². The predicted molar refractivity (Wildman–Crippen MR) is 96.7 cm³/mol. The van der Waals surface area contributed by atoms with Crippen LogP contribution < -0.4 is 5.43 Å². The Balaban J connectivity index is 2.14. The van der Waals surface area contributed by atoms with Crippen LogP contribution in [0.4, 0.5) is 0 Å². The summed E-state index contributed by atoms with van der Waals surface area (Å²) in [5.74, 6) is -1.51. The molecule has 0 spiro atoms. The number of aromatic nitrogens is 1. The standard InChI is InChI=1S/C20H19NO5/c1-20(2,3)14-8-11-10-6-4-5-7-13(10)26-18(11)15-17(23)16(22)12(19(24)25)9-21(14)15/h4-7,9,14,23H,8H2,1-3H3,(H,24,25). The van der Waals surface area contributed by atoms with Crippen LogP contribution in [-0.4, -0.2) is 20.7 Å². The summed E-state index contributed by atoms with van der Waals surface area (Å²) in [4.78, 5) is 23.8. The first-order valence-electron chi connectivity index (χ1n) is 8.42. The number of carbonyl (C=O) groups is 1. The van der Waals surface area contributed by atoms with E-state index in [4.69, 9.17) is 4.42 Å². The van der Waals surface area contributed by atoms with Crippen molar-refractivity contribution in [2.45, 2.75) is 33.2 Å². The monoisotopic (exact) mass is 353 g/mol. The van der Waals surface area contributed by atoms with Crippen molar-refractivity contribution in [3.63, 3.8) is 0 Å². The smallest absolute Gasteiger partial charge is 0.341 e. The molecule has 0 saturated carbocycles. The van der Waals surface area contributed by atoms with Crippen molar-refractivity contribution in [1.29, 1.82) is 0 Å². The van der Waals surface area contributed by atoms with E-state index in [1.807, 2.05) is 45.0 Å². The lowest BCUT2D eigenvalue weighted by Gasteiger charge is -2.37. The van der Waals surface area contributed by atoms with Gasteiger partial charge in [-0.05, 0) is 17.9 Å². The molecule has 134 valence electrons. The second kappa shape index (κ2) is 5.24. The fourth-order valence-electron chi connectivity index (χ4n) is 3.75. The molecule has 1 atom stereocenters. The first kappa shape index (κ1) is 16.4. The van der Waals surface area contributed by atoms with Gasteiger partial charge in [-0.1, -0.05) is 39.0 Å². The van der Waals surface area contributed by atoms with Crippen molar-refractivity contribution in [3.05, 3.63) is 51.8 Å². The van der Waals surface area contributed by atoms with Crippen LogP contribution in [-0.2, 0) is 6.42 Å². The Labute approximate surface area is 149 Å². The first-order valence-corrected chi connectivity index (χ1v) is 8.42. The van der Waals surface area contributed by atoms with Gasteiger partial charge in [0.1, 0.15) is 16.8 Å². The van der Waals surface area contributed by atoms with Gasteiger partial charge in [-0.2, -0.15) is 0 Å². The fraction of sp³-hybridized carbons (Fsp3) is 0.300. The number of furan rings is 1. The van der Waals surface area contributed by atoms with Crippen LogP contribution in [0.1, 0.15) is 42.7 Å². The molecule has 0 bridgehead atoms. The Hall–Kier alpha value is -3.02. The van der Waals surface area contributed by atoms with Crippen molar-refractivity contribution in [2.75, 3.05) is 0 Å². The highest BCUT2D eigenvalue weighted by molar-refractivity contribution is 5.91. The maximum absolute atomic E-state index is 12.4. The number of nitrogens with zero attached hydrogens (tertiary/aromatic N) is 1. The molecule has 0 fully saturated rings. The number of carboxylic acids is 1. The maximum atomic E-state index is 12.4. The minimum absolute atomic E-state index is 0.143. The summed E-state index contributed by atoms with van der Waals surface area (Å²) < 4.78 is 7.63. The van der Waals surface area contributed by atoms with E-state index in [-0.39, 0.29) is 17.2 Å². The number of benzene rings is 1. The third-order valence-corrected chi connectivity index (χ3v) is 5.09. The van der Waals surface area contributed by atoms with Crippen LogP contribution >= 0.6 is 0 Å². The molecule has 2 aromatic heterocycles. The Morgan fingerprint density at radius 2 is 1.96 bits per heavy atom. The van der Waals surface area contributed by atoms with Crippen LogP contribution in [0, 0.1) is 5.41 Å². The Morgan fingerprint density at radius 1 is 1.27 bits per heavy atom. The number of aromatic carboxylic acids is 1. The summed E-state index contributed by atoms with van der Waals surface area (Å²) in [6.45, 7) is 6.14. The summed E-state index contributed by atoms with van der Waals surface area (Å²) in [7, 11) is 0. The Bertz CT molecular complexity index is 1110. The molecule has 6 nitrogen and oxygen atoms in total. The predicted octanol–water partition coefficient (Wildman–Crippen LogP) is 3.81. The summed E-state index contributed by atoms with van der Waals surface area (Å²) in [6, 6.07) is 7.42. The third-order valence-electron chi connectivity index (χ3n) is 5.09. The number of fused-ring (bicyclic) bond motifs is 5. The highest BCUT2D eigenvalue weighted by atomic mass is 16.4. The van der Waals surface area contributed by atoms with E-state index in [1.54, 1.807) is 4.57 Å². The number of pyridine rings is 1. The zero-order valence-electron chi connectivity index (χ0n) is 14.7. The average Bonchev–Trinajstić information content (AvgIpc) is 2.94. The van der Waals surface area contributed by atoms with E-state index in [0.717, 1.165) is 10.9 Å². The van der Waals surface area contributed by atoms with Gasteiger partial charge in [0.25, 0.3) is 0 Å². The summed E-state index contributed by atoms with van der Waals surface area (Å²) in [5.41, 5.74) is 0.274. The molecular weight excluding hydrogens is 334 g/mol. The molecule has 3 aromatic rings. The van der Waals surface area contributed by atoms with E-state index >= 15 is 0 Å².